The van der Waals surface area contributed by atoms with Crippen LogP contribution in [0, 0.1) is 5.41 Å². The standard InChI is InChI=1S/C15H18BrNO3/c16-7-6-15(4-5-15)10-17-14(18)11-2-1-3-12-13(11)20-9-8-19-12/h1-3H,4-10H2,(H,17,18). The maximum atomic E-state index is 12.3. The highest BCUT2D eigenvalue weighted by Crippen LogP contribution is 2.48. The van der Waals surface area contributed by atoms with Crippen molar-refractivity contribution in [2.75, 3.05) is 25.1 Å². The Labute approximate surface area is 127 Å². The Hall–Kier alpha value is -1.23. The van der Waals surface area contributed by atoms with Gasteiger partial charge in [0.1, 0.15) is 13.2 Å². The van der Waals surface area contributed by atoms with Crippen molar-refractivity contribution in [1.82, 2.24) is 5.32 Å². The van der Waals surface area contributed by atoms with Crippen LogP contribution in [-0.4, -0.2) is 31.0 Å². The summed E-state index contributed by atoms with van der Waals surface area (Å²) in [7, 11) is 0. The number of nitrogens with one attached hydrogen (secondary N) is 1. The highest BCUT2D eigenvalue weighted by molar-refractivity contribution is 9.09. The molecular weight excluding hydrogens is 322 g/mol. The molecule has 0 aromatic heterocycles. The maximum absolute atomic E-state index is 12.3. The molecule has 20 heavy (non-hydrogen) atoms. The van der Waals surface area contributed by atoms with E-state index in [2.05, 4.69) is 21.2 Å². The predicted octanol–water partition coefficient (Wildman–Crippen LogP) is 2.75. The van der Waals surface area contributed by atoms with Crippen LogP contribution in [0.2, 0.25) is 0 Å². The van der Waals surface area contributed by atoms with Gasteiger partial charge in [-0.05, 0) is 36.8 Å². The molecule has 0 bridgehead atoms. The van der Waals surface area contributed by atoms with E-state index in [1.807, 2.05) is 12.1 Å². The molecule has 0 saturated heterocycles. The minimum atomic E-state index is -0.0757. The van der Waals surface area contributed by atoms with Crippen molar-refractivity contribution < 1.29 is 14.3 Å². The minimum absolute atomic E-state index is 0.0757. The summed E-state index contributed by atoms with van der Waals surface area (Å²) < 4.78 is 11.1. The maximum Gasteiger partial charge on any atom is 0.255 e. The van der Waals surface area contributed by atoms with Gasteiger partial charge >= 0.3 is 0 Å². The summed E-state index contributed by atoms with van der Waals surface area (Å²) in [6, 6.07) is 5.44. The number of carbonyl (C=O) groups is 1. The van der Waals surface area contributed by atoms with E-state index in [1.165, 1.54) is 12.8 Å². The number of amides is 1. The van der Waals surface area contributed by atoms with Crippen molar-refractivity contribution >= 4 is 21.8 Å². The number of hydrogen-bond donors (Lipinski definition) is 1. The summed E-state index contributed by atoms with van der Waals surface area (Å²) in [6.07, 6.45) is 3.51. The zero-order valence-corrected chi connectivity index (χ0v) is 12.9. The third-order valence-corrected chi connectivity index (χ3v) is 4.41. The second kappa shape index (κ2) is 5.64. The molecule has 1 fully saturated rings. The molecule has 0 spiro atoms. The molecule has 5 heteroatoms. The summed E-state index contributed by atoms with van der Waals surface area (Å²) in [5.41, 5.74) is 0.877. The van der Waals surface area contributed by atoms with Crippen LogP contribution in [-0.2, 0) is 0 Å². The topological polar surface area (TPSA) is 47.6 Å². The number of rotatable bonds is 5. The van der Waals surface area contributed by atoms with E-state index < -0.39 is 0 Å². The molecule has 3 rings (SSSR count). The summed E-state index contributed by atoms with van der Waals surface area (Å²) in [4.78, 5) is 12.3. The number of hydrogen-bond acceptors (Lipinski definition) is 3. The molecule has 1 N–H and O–H groups in total. The Kier molecular flexibility index (Phi) is 3.87. The molecule has 0 unspecified atom stereocenters. The first-order valence-corrected chi connectivity index (χ1v) is 8.09. The second-order valence-electron chi connectivity index (χ2n) is 5.45. The monoisotopic (exact) mass is 339 g/mol. The molecule has 1 saturated carbocycles. The SMILES string of the molecule is O=C(NCC1(CCBr)CC1)c1cccc2c1OCCO2. The van der Waals surface area contributed by atoms with Crippen molar-refractivity contribution in [3.05, 3.63) is 23.8 Å². The van der Waals surface area contributed by atoms with Crippen molar-refractivity contribution in [2.24, 2.45) is 5.41 Å². The van der Waals surface area contributed by atoms with Gasteiger partial charge in [-0.25, -0.2) is 0 Å². The quantitative estimate of drug-likeness (QED) is 0.839. The van der Waals surface area contributed by atoms with E-state index in [0.29, 0.717) is 35.7 Å². The fourth-order valence-corrected chi connectivity index (χ4v) is 3.35. The first kappa shape index (κ1) is 13.7. The molecule has 108 valence electrons. The highest BCUT2D eigenvalue weighted by Gasteiger charge is 2.41. The molecule has 1 amide bonds. The molecule has 0 atom stereocenters. The Morgan fingerprint density at radius 3 is 2.85 bits per heavy atom. The van der Waals surface area contributed by atoms with Crippen LogP contribution in [0.25, 0.3) is 0 Å². The van der Waals surface area contributed by atoms with Gasteiger partial charge in [0.05, 0.1) is 5.56 Å². The van der Waals surface area contributed by atoms with Crippen molar-refractivity contribution in [2.45, 2.75) is 19.3 Å². The molecule has 1 heterocycles. The summed E-state index contributed by atoms with van der Waals surface area (Å²) in [5, 5.41) is 4.03. The molecule has 1 aliphatic carbocycles. The molecule has 1 aliphatic heterocycles. The minimum Gasteiger partial charge on any atom is -0.486 e. The lowest BCUT2D eigenvalue weighted by Crippen LogP contribution is -2.31. The lowest BCUT2D eigenvalue weighted by Gasteiger charge is -2.21. The van der Waals surface area contributed by atoms with E-state index in [9.17, 15) is 4.79 Å². The number of halogens is 1. The van der Waals surface area contributed by atoms with Crippen LogP contribution >= 0.6 is 15.9 Å². The van der Waals surface area contributed by atoms with Crippen LogP contribution in [0.5, 0.6) is 11.5 Å². The largest absolute Gasteiger partial charge is 0.486 e. The smallest absolute Gasteiger partial charge is 0.255 e. The molecule has 2 aliphatic rings. The van der Waals surface area contributed by atoms with Gasteiger partial charge in [0.15, 0.2) is 11.5 Å². The number of alkyl halides is 1. The van der Waals surface area contributed by atoms with E-state index in [1.54, 1.807) is 6.07 Å². The number of benzene rings is 1. The molecule has 1 aromatic rings. The van der Waals surface area contributed by atoms with Crippen LogP contribution in [0.3, 0.4) is 0 Å². The van der Waals surface area contributed by atoms with E-state index >= 15 is 0 Å². The van der Waals surface area contributed by atoms with Crippen LogP contribution in [0.15, 0.2) is 18.2 Å². The third kappa shape index (κ3) is 2.77. The Bertz CT molecular complexity index is 514. The fourth-order valence-electron chi connectivity index (χ4n) is 2.51. The van der Waals surface area contributed by atoms with Gasteiger partial charge in [-0.15, -0.1) is 0 Å². The Morgan fingerprint density at radius 2 is 2.10 bits per heavy atom. The van der Waals surface area contributed by atoms with Gasteiger partial charge in [0.2, 0.25) is 0 Å². The average Bonchev–Trinajstić information content (AvgIpc) is 3.25. The van der Waals surface area contributed by atoms with E-state index in [4.69, 9.17) is 9.47 Å². The lowest BCUT2D eigenvalue weighted by molar-refractivity contribution is 0.0933. The van der Waals surface area contributed by atoms with Gasteiger partial charge in [-0.2, -0.15) is 0 Å². The zero-order chi connectivity index (χ0) is 14.0. The Morgan fingerprint density at radius 1 is 1.30 bits per heavy atom. The number of carbonyl (C=O) groups excluding carboxylic acids is 1. The number of fused-ring (bicyclic) bond motifs is 1. The molecule has 1 aromatic carbocycles. The Balaban J connectivity index is 1.68. The van der Waals surface area contributed by atoms with Crippen molar-refractivity contribution in [1.29, 1.82) is 0 Å². The van der Waals surface area contributed by atoms with Gasteiger partial charge in [-0.3, -0.25) is 4.79 Å². The van der Waals surface area contributed by atoms with Crippen LogP contribution in [0.4, 0.5) is 0 Å². The predicted molar refractivity (Wildman–Crippen MR) is 79.8 cm³/mol. The third-order valence-electron chi connectivity index (χ3n) is 4.02. The zero-order valence-electron chi connectivity index (χ0n) is 11.3. The van der Waals surface area contributed by atoms with Crippen molar-refractivity contribution in [3.8, 4) is 11.5 Å². The average molecular weight is 340 g/mol. The lowest BCUT2D eigenvalue weighted by atomic mass is 10.0. The summed E-state index contributed by atoms with van der Waals surface area (Å²) in [5.74, 6) is 1.15. The van der Waals surface area contributed by atoms with E-state index in [-0.39, 0.29) is 5.91 Å². The van der Waals surface area contributed by atoms with Crippen LogP contribution in [0.1, 0.15) is 29.6 Å². The van der Waals surface area contributed by atoms with Gasteiger partial charge in [-0.1, -0.05) is 22.0 Å². The van der Waals surface area contributed by atoms with Crippen molar-refractivity contribution in [3.63, 3.8) is 0 Å². The van der Waals surface area contributed by atoms with Crippen LogP contribution < -0.4 is 14.8 Å². The molecule has 0 radical (unpaired) electrons. The van der Waals surface area contributed by atoms with Gasteiger partial charge in [0, 0.05) is 11.9 Å². The van der Waals surface area contributed by atoms with Gasteiger partial charge < -0.3 is 14.8 Å². The molecular formula is C15H18BrNO3. The fraction of sp³-hybridized carbons (Fsp3) is 0.533. The van der Waals surface area contributed by atoms with E-state index in [0.717, 1.165) is 18.3 Å². The second-order valence-corrected chi connectivity index (χ2v) is 6.24. The first-order chi connectivity index (χ1) is 9.74. The number of ether oxygens (including phenoxy) is 2. The van der Waals surface area contributed by atoms with Gasteiger partial charge in [0.25, 0.3) is 5.91 Å². The highest BCUT2D eigenvalue weighted by atomic mass is 79.9. The summed E-state index contributed by atoms with van der Waals surface area (Å²) in [6.45, 7) is 1.76. The summed E-state index contributed by atoms with van der Waals surface area (Å²) >= 11 is 3.48. The molecule has 4 nitrogen and oxygen atoms in total. The normalized spacial score (nSPS) is 18.4. The number of para-hydroxylation sites is 1. The first-order valence-electron chi connectivity index (χ1n) is 6.97.